The highest BCUT2D eigenvalue weighted by atomic mass is 32.1. The Morgan fingerprint density at radius 1 is 1.29 bits per heavy atom. The van der Waals surface area contributed by atoms with Crippen LogP contribution in [0.4, 0.5) is 0 Å². The fourth-order valence-corrected chi connectivity index (χ4v) is 3.25. The average molecular weight is 254 g/mol. The molecule has 1 N–H and O–H groups in total. The van der Waals surface area contributed by atoms with Crippen LogP contribution in [-0.4, -0.2) is 11.5 Å². The lowest BCUT2D eigenvalue weighted by atomic mass is 9.93. The molecule has 0 aromatic carbocycles. The van der Waals surface area contributed by atoms with Crippen molar-refractivity contribution in [3.05, 3.63) is 15.6 Å². The van der Waals surface area contributed by atoms with Crippen LogP contribution >= 0.6 is 11.3 Å². The number of hydrogen-bond donors (Lipinski definition) is 1. The number of nitrogens with zero attached hydrogens (tertiary/aromatic N) is 1. The van der Waals surface area contributed by atoms with E-state index in [4.69, 9.17) is 4.98 Å². The molecule has 3 heteroatoms. The van der Waals surface area contributed by atoms with Gasteiger partial charge in [-0.3, -0.25) is 0 Å². The fraction of sp³-hybridized carbons (Fsp3) is 0.786. The van der Waals surface area contributed by atoms with Crippen LogP contribution in [0.3, 0.4) is 0 Å². The largest absolute Gasteiger partial charge is 0.312 e. The molecule has 0 unspecified atom stereocenters. The highest BCUT2D eigenvalue weighted by Crippen LogP contribution is 2.29. The zero-order valence-electron chi connectivity index (χ0n) is 12.1. The summed E-state index contributed by atoms with van der Waals surface area (Å²) < 4.78 is 0. The van der Waals surface area contributed by atoms with Crippen LogP contribution in [0.2, 0.25) is 0 Å². The van der Waals surface area contributed by atoms with Gasteiger partial charge in [0.1, 0.15) is 0 Å². The SMILES string of the molecule is CCNCc1sc(CC(C)(C)C)nc1C(C)C. The van der Waals surface area contributed by atoms with E-state index in [2.05, 4.69) is 46.9 Å². The first-order chi connectivity index (χ1) is 7.83. The Morgan fingerprint density at radius 3 is 2.41 bits per heavy atom. The third-order valence-electron chi connectivity index (χ3n) is 2.54. The van der Waals surface area contributed by atoms with E-state index < -0.39 is 0 Å². The number of thiazole rings is 1. The normalized spacial score (nSPS) is 12.4. The molecule has 0 radical (unpaired) electrons. The minimum atomic E-state index is 0.321. The Labute approximate surface area is 110 Å². The van der Waals surface area contributed by atoms with Crippen molar-refractivity contribution in [2.24, 2.45) is 5.41 Å². The Bertz CT molecular complexity index is 348. The predicted molar refractivity (Wildman–Crippen MR) is 76.7 cm³/mol. The number of aromatic nitrogens is 1. The van der Waals surface area contributed by atoms with E-state index in [0.29, 0.717) is 11.3 Å². The highest BCUT2D eigenvalue weighted by Gasteiger charge is 2.18. The lowest BCUT2D eigenvalue weighted by molar-refractivity contribution is 0.410. The van der Waals surface area contributed by atoms with Crippen molar-refractivity contribution >= 4 is 11.3 Å². The van der Waals surface area contributed by atoms with Gasteiger partial charge in [-0.15, -0.1) is 11.3 Å². The molecule has 1 aromatic rings. The van der Waals surface area contributed by atoms with Crippen LogP contribution in [0.1, 0.15) is 63.0 Å². The van der Waals surface area contributed by atoms with Gasteiger partial charge in [0, 0.05) is 17.8 Å². The van der Waals surface area contributed by atoms with E-state index >= 15 is 0 Å². The van der Waals surface area contributed by atoms with Crippen LogP contribution in [-0.2, 0) is 13.0 Å². The first kappa shape index (κ1) is 14.7. The summed E-state index contributed by atoms with van der Waals surface area (Å²) in [5.74, 6) is 0.522. The van der Waals surface area contributed by atoms with Crippen molar-refractivity contribution in [3.8, 4) is 0 Å². The molecule has 0 spiro atoms. The van der Waals surface area contributed by atoms with E-state index in [0.717, 1.165) is 19.5 Å². The maximum absolute atomic E-state index is 4.83. The molecule has 0 atom stereocenters. The summed E-state index contributed by atoms with van der Waals surface area (Å²) in [6, 6.07) is 0. The molecule has 98 valence electrons. The minimum Gasteiger partial charge on any atom is -0.312 e. The van der Waals surface area contributed by atoms with Crippen LogP contribution < -0.4 is 5.32 Å². The zero-order valence-corrected chi connectivity index (χ0v) is 12.9. The third-order valence-corrected chi connectivity index (χ3v) is 3.61. The van der Waals surface area contributed by atoms with E-state index in [1.807, 2.05) is 11.3 Å². The molecule has 0 saturated heterocycles. The molecule has 0 fully saturated rings. The van der Waals surface area contributed by atoms with Crippen LogP contribution in [0, 0.1) is 5.41 Å². The molecule has 1 aromatic heterocycles. The second-order valence-electron chi connectivity index (χ2n) is 6.09. The Hall–Kier alpha value is -0.410. The zero-order chi connectivity index (χ0) is 13.1. The predicted octanol–water partition coefficient (Wildman–Crippen LogP) is 3.96. The molecular formula is C14H26N2S. The van der Waals surface area contributed by atoms with Gasteiger partial charge in [0.2, 0.25) is 0 Å². The first-order valence-electron chi connectivity index (χ1n) is 6.52. The Kier molecular flexibility index (Phi) is 5.14. The van der Waals surface area contributed by atoms with Gasteiger partial charge < -0.3 is 5.32 Å². The second-order valence-corrected chi connectivity index (χ2v) is 7.26. The van der Waals surface area contributed by atoms with Crippen LogP contribution in [0.5, 0.6) is 0 Å². The van der Waals surface area contributed by atoms with Gasteiger partial charge in [-0.05, 0) is 17.9 Å². The van der Waals surface area contributed by atoms with Gasteiger partial charge in [-0.25, -0.2) is 4.98 Å². The molecule has 0 aliphatic carbocycles. The van der Waals surface area contributed by atoms with E-state index in [1.165, 1.54) is 15.6 Å². The summed E-state index contributed by atoms with van der Waals surface area (Å²) in [7, 11) is 0. The average Bonchev–Trinajstić information content (AvgIpc) is 2.55. The van der Waals surface area contributed by atoms with Gasteiger partial charge in [0.05, 0.1) is 10.7 Å². The standard InChI is InChI=1S/C14H26N2S/c1-7-15-9-11-13(10(2)3)16-12(17-11)8-14(4,5)6/h10,15H,7-9H2,1-6H3. The molecule has 0 bridgehead atoms. The van der Waals surface area contributed by atoms with E-state index in [9.17, 15) is 0 Å². The van der Waals surface area contributed by atoms with E-state index in [1.54, 1.807) is 0 Å². The first-order valence-corrected chi connectivity index (χ1v) is 7.34. The van der Waals surface area contributed by atoms with Crippen molar-refractivity contribution in [1.82, 2.24) is 10.3 Å². The summed E-state index contributed by atoms with van der Waals surface area (Å²) in [6.45, 7) is 15.4. The summed E-state index contributed by atoms with van der Waals surface area (Å²) in [4.78, 5) is 6.24. The van der Waals surface area contributed by atoms with Gasteiger partial charge in [0.15, 0.2) is 0 Å². The van der Waals surface area contributed by atoms with E-state index in [-0.39, 0.29) is 0 Å². The quantitative estimate of drug-likeness (QED) is 0.860. The molecule has 0 aliphatic rings. The highest BCUT2D eigenvalue weighted by molar-refractivity contribution is 7.11. The molecule has 17 heavy (non-hydrogen) atoms. The molecule has 0 amide bonds. The van der Waals surface area contributed by atoms with Gasteiger partial charge in [-0.1, -0.05) is 41.5 Å². The van der Waals surface area contributed by atoms with Crippen molar-refractivity contribution in [3.63, 3.8) is 0 Å². The summed E-state index contributed by atoms with van der Waals surface area (Å²) in [5, 5.41) is 4.69. The number of hydrogen-bond acceptors (Lipinski definition) is 3. The topological polar surface area (TPSA) is 24.9 Å². The Balaban J connectivity index is 2.87. The summed E-state index contributed by atoms with van der Waals surface area (Å²) in [6.07, 6.45) is 1.07. The maximum Gasteiger partial charge on any atom is 0.0936 e. The van der Waals surface area contributed by atoms with Crippen molar-refractivity contribution in [2.45, 2.75) is 60.4 Å². The van der Waals surface area contributed by atoms with Crippen molar-refractivity contribution < 1.29 is 0 Å². The molecule has 0 aliphatic heterocycles. The molecular weight excluding hydrogens is 228 g/mol. The van der Waals surface area contributed by atoms with Crippen LogP contribution in [0.15, 0.2) is 0 Å². The van der Waals surface area contributed by atoms with Gasteiger partial charge in [0.25, 0.3) is 0 Å². The second kappa shape index (κ2) is 5.96. The lowest BCUT2D eigenvalue weighted by Crippen LogP contribution is -2.12. The van der Waals surface area contributed by atoms with Crippen molar-refractivity contribution in [1.29, 1.82) is 0 Å². The van der Waals surface area contributed by atoms with Gasteiger partial charge in [-0.2, -0.15) is 0 Å². The summed E-state index contributed by atoms with van der Waals surface area (Å²) in [5.41, 5.74) is 1.61. The van der Waals surface area contributed by atoms with Crippen molar-refractivity contribution in [2.75, 3.05) is 6.54 Å². The molecule has 2 nitrogen and oxygen atoms in total. The monoisotopic (exact) mass is 254 g/mol. The molecule has 1 heterocycles. The maximum atomic E-state index is 4.83. The minimum absolute atomic E-state index is 0.321. The summed E-state index contributed by atoms with van der Waals surface area (Å²) >= 11 is 1.88. The Morgan fingerprint density at radius 2 is 1.94 bits per heavy atom. The smallest absolute Gasteiger partial charge is 0.0936 e. The third kappa shape index (κ3) is 4.76. The number of rotatable bonds is 5. The van der Waals surface area contributed by atoms with Crippen LogP contribution in [0.25, 0.3) is 0 Å². The fourth-order valence-electron chi connectivity index (χ4n) is 1.76. The van der Waals surface area contributed by atoms with Gasteiger partial charge >= 0.3 is 0 Å². The molecule has 0 saturated carbocycles. The molecule has 1 rings (SSSR count). The number of nitrogens with one attached hydrogen (secondary N) is 1. The lowest BCUT2D eigenvalue weighted by Gasteiger charge is -2.15.